The minimum absolute atomic E-state index is 0.386. The lowest BCUT2D eigenvalue weighted by molar-refractivity contribution is 0.259. The first-order chi connectivity index (χ1) is 4.91. The standard InChI is InChI=1S/C7H11NO2/c1-2-3-5-10-6-4-8-7-9/h3,5H,2,4,6H2,1H3. The van der Waals surface area contributed by atoms with Crippen LogP contribution in [0.2, 0.25) is 0 Å². The van der Waals surface area contributed by atoms with E-state index in [0.717, 1.165) is 6.42 Å². The van der Waals surface area contributed by atoms with Gasteiger partial charge >= 0.3 is 0 Å². The maximum atomic E-state index is 9.53. The molecule has 0 bridgehead atoms. The van der Waals surface area contributed by atoms with E-state index in [1.807, 2.05) is 13.0 Å². The summed E-state index contributed by atoms with van der Waals surface area (Å²) in [6, 6.07) is 0. The molecule has 0 rings (SSSR count). The number of ether oxygens (including phenoxy) is 1. The van der Waals surface area contributed by atoms with Gasteiger partial charge in [0.05, 0.1) is 12.8 Å². The van der Waals surface area contributed by atoms with Gasteiger partial charge in [-0.15, -0.1) is 0 Å². The van der Waals surface area contributed by atoms with E-state index in [2.05, 4.69) is 4.99 Å². The van der Waals surface area contributed by atoms with E-state index in [9.17, 15) is 4.79 Å². The average molecular weight is 141 g/mol. The van der Waals surface area contributed by atoms with Crippen molar-refractivity contribution in [3.63, 3.8) is 0 Å². The molecular formula is C7H11NO2. The molecule has 56 valence electrons. The predicted molar refractivity (Wildman–Crippen MR) is 38.4 cm³/mol. The first-order valence-corrected chi connectivity index (χ1v) is 3.22. The molecule has 0 N–H and O–H groups in total. The average Bonchev–Trinajstić information content (AvgIpc) is 1.97. The van der Waals surface area contributed by atoms with Crippen LogP contribution in [0.3, 0.4) is 0 Å². The Balaban J connectivity index is 3.04. The van der Waals surface area contributed by atoms with Crippen LogP contribution in [-0.2, 0) is 9.53 Å². The largest absolute Gasteiger partial charge is 0.500 e. The van der Waals surface area contributed by atoms with Crippen molar-refractivity contribution in [3.05, 3.63) is 12.3 Å². The number of carbonyl (C=O) groups excluding carboxylic acids is 1. The molecule has 0 radical (unpaired) electrons. The van der Waals surface area contributed by atoms with Crippen LogP contribution in [0, 0.1) is 0 Å². The molecule has 10 heavy (non-hydrogen) atoms. The first-order valence-electron chi connectivity index (χ1n) is 3.22. The van der Waals surface area contributed by atoms with Gasteiger partial charge in [0.25, 0.3) is 0 Å². The molecule has 0 amide bonds. The second kappa shape index (κ2) is 7.92. The minimum atomic E-state index is 0.386. The highest BCUT2D eigenvalue weighted by atomic mass is 16.5. The number of hydrogen-bond donors (Lipinski definition) is 0. The number of isocyanates is 1. The molecule has 0 saturated heterocycles. The van der Waals surface area contributed by atoms with Gasteiger partial charge in [-0.3, -0.25) is 0 Å². The Bertz CT molecular complexity index is 137. The van der Waals surface area contributed by atoms with Crippen molar-refractivity contribution in [1.29, 1.82) is 0 Å². The highest BCUT2D eigenvalue weighted by Crippen LogP contribution is 1.81. The Morgan fingerprint density at radius 1 is 1.70 bits per heavy atom. The molecule has 0 atom stereocenters. The topological polar surface area (TPSA) is 38.7 Å². The van der Waals surface area contributed by atoms with Gasteiger partial charge in [0.1, 0.15) is 6.61 Å². The van der Waals surface area contributed by atoms with Crippen LogP contribution in [-0.4, -0.2) is 19.2 Å². The van der Waals surface area contributed by atoms with Crippen molar-refractivity contribution in [2.24, 2.45) is 4.99 Å². The summed E-state index contributed by atoms with van der Waals surface area (Å²) in [5, 5.41) is 0. The summed E-state index contributed by atoms with van der Waals surface area (Å²) in [7, 11) is 0. The van der Waals surface area contributed by atoms with Crippen LogP contribution in [0.1, 0.15) is 13.3 Å². The summed E-state index contributed by atoms with van der Waals surface area (Å²) >= 11 is 0. The van der Waals surface area contributed by atoms with E-state index in [4.69, 9.17) is 4.74 Å². The third-order valence-corrected chi connectivity index (χ3v) is 0.814. The van der Waals surface area contributed by atoms with E-state index >= 15 is 0 Å². The Morgan fingerprint density at radius 2 is 2.50 bits per heavy atom. The van der Waals surface area contributed by atoms with Gasteiger partial charge in [-0.05, 0) is 6.42 Å². The van der Waals surface area contributed by atoms with E-state index in [1.54, 1.807) is 6.26 Å². The summed E-state index contributed by atoms with van der Waals surface area (Å²) in [6.07, 6.45) is 5.89. The molecule has 0 aliphatic heterocycles. The molecule has 3 nitrogen and oxygen atoms in total. The summed E-state index contributed by atoms with van der Waals surface area (Å²) in [6.45, 7) is 2.85. The Hall–Kier alpha value is -1.08. The van der Waals surface area contributed by atoms with E-state index in [1.165, 1.54) is 6.08 Å². The Morgan fingerprint density at radius 3 is 3.10 bits per heavy atom. The van der Waals surface area contributed by atoms with Gasteiger partial charge in [0.2, 0.25) is 6.08 Å². The summed E-state index contributed by atoms with van der Waals surface area (Å²) in [5.74, 6) is 0. The van der Waals surface area contributed by atoms with Crippen molar-refractivity contribution in [1.82, 2.24) is 0 Å². The third kappa shape index (κ3) is 6.92. The van der Waals surface area contributed by atoms with Crippen LogP contribution in [0.4, 0.5) is 0 Å². The summed E-state index contributed by atoms with van der Waals surface area (Å²) in [5.41, 5.74) is 0. The zero-order valence-electron chi connectivity index (χ0n) is 6.04. The van der Waals surface area contributed by atoms with Crippen molar-refractivity contribution < 1.29 is 9.53 Å². The quantitative estimate of drug-likeness (QED) is 0.250. The lowest BCUT2D eigenvalue weighted by Crippen LogP contribution is -1.90. The van der Waals surface area contributed by atoms with Crippen LogP contribution in [0.5, 0.6) is 0 Å². The molecule has 0 saturated carbocycles. The Kier molecular flexibility index (Phi) is 7.06. The van der Waals surface area contributed by atoms with E-state index in [0.29, 0.717) is 13.2 Å². The van der Waals surface area contributed by atoms with Gasteiger partial charge in [-0.25, -0.2) is 9.79 Å². The smallest absolute Gasteiger partial charge is 0.235 e. The summed E-state index contributed by atoms with van der Waals surface area (Å²) < 4.78 is 4.92. The molecular weight excluding hydrogens is 130 g/mol. The number of rotatable bonds is 5. The first kappa shape index (κ1) is 8.92. The molecule has 0 aliphatic rings. The van der Waals surface area contributed by atoms with Crippen molar-refractivity contribution in [2.45, 2.75) is 13.3 Å². The minimum Gasteiger partial charge on any atom is -0.500 e. The van der Waals surface area contributed by atoms with Crippen molar-refractivity contribution in [3.8, 4) is 0 Å². The summed E-state index contributed by atoms with van der Waals surface area (Å²) in [4.78, 5) is 12.8. The maximum absolute atomic E-state index is 9.53. The van der Waals surface area contributed by atoms with Crippen molar-refractivity contribution in [2.75, 3.05) is 13.2 Å². The molecule has 0 aromatic heterocycles. The third-order valence-electron chi connectivity index (χ3n) is 0.814. The van der Waals surface area contributed by atoms with Gasteiger partial charge in [0.15, 0.2) is 0 Å². The number of hydrogen-bond acceptors (Lipinski definition) is 3. The monoisotopic (exact) mass is 141 g/mol. The van der Waals surface area contributed by atoms with Gasteiger partial charge in [0, 0.05) is 0 Å². The highest BCUT2D eigenvalue weighted by molar-refractivity contribution is 5.32. The molecule has 0 aromatic carbocycles. The Labute approximate surface area is 60.4 Å². The van der Waals surface area contributed by atoms with E-state index in [-0.39, 0.29) is 0 Å². The molecule has 0 spiro atoms. The lowest BCUT2D eigenvalue weighted by atomic mass is 10.5. The van der Waals surface area contributed by atoms with Crippen LogP contribution >= 0.6 is 0 Å². The van der Waals surface area contributed by atoms with Crippen LogP contribution in [0.25, 0.3) is 0 Å². The SMILES string of the molecule is CCC=COCCN=C=O. The van der Waals surface area contributed by atoms with Gasteiger partial charge < -0.3 is 4.74 Å². The molecule has 0 fully saturated rings. The predicted octanol–water partition coefficient (Wildman–Crippen LogP) is 1.26. The van der Waals surface area contributed by atoms with Crippen molar-refractivity contribution >= 4 is 6.08 Å². The fourth-order valence-corrected chi connectivity index (χ4v) is 0.376. The van der Waals surface area contributed by atoms with E-state index < -0.39 is 0 Å². The fourth-order valence-electron chi connectivity index (χ4n) is 0.376. The number of nitrogens with zero attached hydrogens (tertiary/aromatic N) is 1. The van der Waals surface area contributed by atoms with Crippen LogP contribution < -0.4 is 0 Å². The maximum Gasteiger partial charge on any atom is 0.235 e. The molecule has 3 heteroatoms. The highest BCUT2D eigenvalue weighted by Gasteiger charge is 1.77. The molecule has 0 heterocycles. The second-order valence-corrected chi connectivity index (χ2v) is 1.62. The number of allylic oxidation sites excluding steroid dienone is 1. The second-order valence-electron chi connectivity index (χ2n) is 1.62. The van der Waals surface area contributed by atoms with Crippen LogP contribution in [0.15, 0.2) is 17.3 Å². The molecule has 0 aromatic rings. The normalized spacial score (nSPS) is 9.30. The fraction of sp³-hybridized carbons (Fsp3) is 0.571. The van der Waals surface area contributed by atoms with Gasteiger partial charge in [-0.1, -0.05) is 13.0 Å². The molecule has 0 aliphatic carbocycles. The molecule has 0 unspecified atom stereocenters. The zero-order chi connectivity index (χ0) is 7.66. The number of aliphatic imine (C=N–C) groups is 1. The van der Waals surface area contributed by atoms with Gasteiger partial charge in [-0.2, -0.15) is 0 Å². The zero-order valence-corrected chi connectivity index (χ0v) is 6.04. The lowest BCUT2D eigenvalue weighted by Gasteiger charge is -1.92.